The van der Waals surface area contributed by atoms with Gasteiger partial charge in [0.25, 0.3) is 0 Å². The summed E-state index contributed by atoms with van der Waals surface area (Å²) in [6, 6.07) is 4.21. The molecule has 5 heteroatoms. The lowest BCUT2D eigenvalue weighted by Gasteiger charge is -2.26. The molecule has 1 aliphatic rings. The minimum Gasteiger partial charge on any atom is -0.393 e. The van der Waals surface area contributed by atoms with Crippen LogP contribution in [-0.2, 0) is 4.79 Å². The van der Waals surface area contributed by atoms with Gasteiger partial charge in [0.15, 0.2) is 0 Å². The molecule has 0 aromatic carbocycles. The van der Waals surface area contributed by atoms with Crippen LogP contribution >= 0.6 is 0 Å². The van der Waals surface area contributed by atoms with Crippen LogP contribution in [0.3, 0.4) is 0 Å². The average molecular weight is 305 g/mol. The summed E-state index contributed by atoms with van der Waals surface area (Å²) >= 11 is 0. The molecule has 5 nitrogen and oxygen atoms in total. The zero-order chi connectivity index (χ0) is 15.8. The number of nitrogens with zero attached hydrogens (tertiary/aromatic N) is 1. The second kappa shape index (κ2) is 8.73. The number of carbonyl (C=O) groups excluding carboxylic acids is 1. The van der Waals surface area contributed by atoms with E-state index in [-0.39, 0.29) is 18.1 Å². The minimum atomic E-state index is -0.172. The van der Waals surface area contributed by atoms with Crippen molar-refractivity contribution >= 4 is 11.7 Å². The van der Waals surface area contributed by atoms with Gasteiger partial charge in [-0.25, -0.2) is 4.98 Å². The molecular formula is C17H27N3O2. The van der Waals surface area contributed by atoms with Crippen LogP contribution in [-0.4, -0.2) is 34.7 Å². The Morgan fingerprint density at radius 1 is 1.32 bits per heavy atom. The van der Waals surface area contributed by atoms with Crippen LogP contribution in [0.2, 0.25) is 0 Å². The Bertz CT molecular complexity index is 471. The zero-order valence-electron chi connectivity index (χ0n) is 13.3. The number of hydrogen-bond acceptors (Lipinski definition) is 4. The third-order valence-electron chi connectivity index (χ3n) is 4.19. The van der Waals surface area contributed by atoms with Crippen molar-refractivity contribution in [1.82, 2.24) is 10.3 Å². The van der Waals surface area contributed by atoms with Crippen molar-refractivity contribution in [2.75, 3.05) is 11.9 Å². The number of aliphatic hydroxyl groups excluding tert-OH is 1. The van der Waals surface area contributed by atoms with E-state index in [0.29, 0.717) is 6.42 Å². The van der Waals surface area contributed by atoms with Gasteiger partial charge in [0.1, 0.15) is 5.82 Å². The maximum atomic E-state index is 11.9. The predicted octanol–water partition coefficient (Wildman–Crippen LogP) is 2.39. The molecular weight excluding hydrogens is 278 g/mol. The molecule has 22 heavy (non-hydrogen) atoms. The van der Waals surface area contributed by atoms with E-state index in [0.717, 1.165) is 56.5 Å². The molecule has 122 valence electrons. The third kappa shape index (κ3) is 5.64. The summed E-state index contributed by atoms with van der Waals surface area (Å²) < 4.78 is 0. The quantitative estimate of drug-likeness (QED) is 0.676. The van der Waals surface area contributed by atoms with Gasteiger partial charge < -0.3 is 15.7 Å². The fraction of sp³-hybridized carbons (Fsp3) is 0.647. The summed E-state index contributed by atoms with van der Waals surface area (Å²) in [4.78, 5) is 16.2. The molecule has 1 amide bonds. The van der Waals surface area contributed by atoms with E-state index in [4.69, 9.17) is 0 Å². The SMILES string of the molecule is Cc1cccnc1NCCCCC(=O)NC1CCC(O)CC1. The van der Waals surface area contributed by atoms with Crippen molar-refractivity contribution < 1.29 is 9.90 Å². The van der Waals surface area contributed by atoms with E-state index in [1.807, 2.05) is 19.1 Å². The highest BCUT2D eigenvalue weighted by Gasteiger charge is 2.20. The first-order valence-corrected chi connectivity index (χ1v) is 8.28. The van der Waals surface area contributed by atoms with Gasteiger partial charge in [-0.2, -0.15) is 0 Å². The summed E-state index contributed by atoms with van der Waals surface area (Å²) in [7, 11) is 0. The highest BCUT2D eigenvalue weighted by atomic mass is 16.3. The van der Waals surface area contributed by atoms with Crippen molar-refractivity contribution in [3.05, 3.63) is 23.9 Å². The van der Waals surface area contributed by atoms with Crippen LogP contribution in [0.25, 0.3) is 0 Å². The van der Waals surface area contributed by atoms with Gasteiger partial charge >= 0.3 is 0 Å². The summed E-state index contributed by atoms with van der Waals surface area (Å²) in [5.41, 5.74) is 1.14. The van der Waals surface area contributed by atoms with E-state index in [2.05, 4.69) is 15.6 Å². The van der Waals surface area contributed by atoms with Crippen LogP contribution in [0.4, 0.5) is 5.82 Å². The Kier molecular flexibility index (Phi) is 6.65. The average Bonchev–Trinajstić information content (AvgIpc) is 2.51. The topological polar surface area (TPSA) is 74.2 Å². The van der Waals surface area contributed by atoms with E-state index in [1.54, 1.807) is 6.20 Å². The second-order valence-corrected chi connectivity index (χ2v) is 6.13. The van der Waals surface area contributed by atoms with Crippen molar-refractivity contribution in [3.8, 4) is 0 Å². The normalized spacial score (nSPS) is 21.4. The molecule has 0 unspecified atom stereocenters. The van der Waals surface area contributed by atoms with E-state index in [9.17, 15) is 9.90 Å². The van der Waals surface area contributed by atoms with E-state index < -0.39 is 0 Å². The van der Waals surface area contributed by atoms with Gasteiger partial charge in [0, 0.05) is 25.2 Å². The van der Waals surface area contributed by atoms with Gasteiger partial charge in [0.05, 0.1) is 6.10 Å². The number of unbranched alkanes of at least 4 members (excludes halogenated alkanes) is 1. The Morgan fingerprint density at radius 3 is 2.82 bits per heavy atom. The molecule has 2 rings (SSSR count). The van der Waals surface area contributed by atoms with E-state index >= 15 is 0 Å². The first-order valence-electron chi connectivity index (χ1n) is 8.28. The molecule has 0 bridgehead atoms. The first-order chi connectivity index (χ1) is 10.6. The summed E-state index contributed by atoms with van der Waals surface area (Å²) in [5, 5.41) is 15.8. The lowest BCUT2D eigenvalue weighted by atomic mass is 9.93. The number of rotatable bonds is 7. The van der Waals surface area contributed by atoms with Crippen LogP contribution in [0.15, 0.2) is 18.3 Å². The molecule has 3 N–H and O–H groups in total. The number of aryl methyl sites for hydroxylation is 1. The maximum absolute atomic E-state index is 11.9. The fourth-order valence-electron chi connectivity index (χ4n) is 2.81. The Balaban J connectivity index is 1.55. The Morgan fingerprint density at radius 2 is 2.09 bits per heavy atom. The number of amides is 1. The molecule has 0 atom stereocenters. The largest absolute Gasteiger partial charge is 0.393 e. The number of hydrogen-bond donors (Lipinski definition) is 3. The molecule has 0 radical (unpaired) electrons. The zero-order valence-corrected chi connectivity index (χ0v) is 13.3. The minimum absolute atomic E-state index is 0.135. The van der Waals surface area contributed by atoms with Crippen molar-refractivity contribution in [2.24, 2.45) is 0 Å². The number of pyridine rings is 1. The third-order valence-corrected chi connectivity index (χ3v) is 4.19. The number of aromatic nitrogens is 1. The van der Waals surface area contributed by atoms with Crippen LogP contribution in [0.5, 0.6) is 0 Å². The monoisotopic (exact) mass is 305 g/mol. The highest BCUT2D eigenvalue weighted by molar-refractivity contribution is 5.76. The van der Waals surface area contributed by atoms with Gasteiger partial charge in [0.2, 0.25) is 5.91 Å². The number of aliphatic hydroxyl groups is 1. The van der Waals surface area contributed by atoms with Crippen LogP contribution in [0.1, 0.15) is 50.5 Å². The molecule has 0 saturated heterocycles. The molecule has 0 spiro atoms. The van der Waals surface area contributed by atoms with Gasteiger partial charge in [-0.1, -0.05) is 6.07 Å². The van der Waals surface area contributed by atoms with Gasteiger partial charge in [-0.3, -0.25) is 4.79 Å². The predicted molar refractivity (Wildman–Crippen MR) is 87.7 cm³/mol. The summed E-state index contributed by atoms with van der Waals surface area (Å²) in [5.74, 6) is 1.06. The van der Waals surface area contributed by atoms with Crippen LogP contribution in [0, 0.1) is 6.92 Å². The number of anilines is 1. The number of nitrogens with one attached hydrogen (secondary N) is 2. The highest BCUT2D eigenvalue weighted by Crippen LogP contribution is 2.18. The Labute approximate surface area is 132 Å². The molecule has 1 aromatic rings. The lowest BCUT2D eigenvalue weighted by Crippen LogP contribution is -2.38. The smallest absolute Gasteiger partial charge is 0.220 e. The van der Waals surface area contributed by atoms with Gasteiger partial charge in [-0.15, -0.1) is 0 Å². The molecule has 1 aliphatic carbocycles. The van der Waals surface area contributed by atoms with Crippen LogP contribution < -0.4 is 10.6 Å². The van der Waals surface area contributed by atoms with Gasteiger partial charge in [-0.05, 0) is 57.1 Å². The summed E-state index contributed by atoms with van der Waals surface area (Å²) in [6.07, 6.45) is 7.41. The van der Waals surface area contributed by atoms with E-state index in [1.165, 1.54) is 0 Å². The fourth-order valence-corrected chi connectivity index (χ4v) is 2.81. The maximum Gasteiger partial charge on any atom is 0.220 e. The first kappa shape index (κ1) is 16.7. The Hall–Kier alpha value is -1.62. The van der Waals surface area contributed by atoms with Crippen molar-refractivity contribution in [3.63, 3.8) is 0 Å². The van der Waals surface area contributed by atoms with Crippen molar-refractivity contribution in [2.45, 2.75) is 64.0 Å². The molecule has 1 saturated carbocycles. The molecule has 1 fully saturated rings. The van der Waals surface area contributed by atoms with Crippen molar-refractivity contribution in [1.29, 1.82) is 0 Å². The number of carbonyl (C=O) groups is 1. The molecule has 1 heterocycles. The lowest BCUT2D eigenvalue weighted by molar-refractivity contribution is -0.122. The molecule has 1 aromatic heterocycles. The standard InChI is InChI=1S/C17H27N3O2/c1-13-5-4-12-19-17(13)18-11-3-2-6-16(22)20-14-7-9-15(21)10-8-14/h4-5,12,14-15,21H,2-3,6-11H2,1H3,(H,18,19)(H,20,22). The molecule has 0 aliphatic heterocycles. The summed E-state index contributed by atoms with van der Waals surface area (Å²) in [6.45, 7) is 2.87. The second-order valence-electron chi connectivity index (χ2n) is 6.13.